The molecular weight excluding hydrogens is 290 g/mol. The molecule has 0 aliphatic heterocycles. The Morgan fingerprint density at radius 1 is 1.20 bits per heavy atom. The number of nitrogens with zero attached hydrogens (tertiary/aromatic N) is 2. The van der Waals surface area contributed by atoms with Crippen molar-refractivity contribution in [1.29, 1.82) is 0 Å². The fraction of sp³-hybridized carbons (Fsp3) is 0.0667. The first-order chi connectivity index (χ1) is 9.74. The molecular formula is C15H12ClN3S. The summed E-state index contributed by atoms with van der Waals surface area (Å²) in [6, 6.07) is 9.60. The molecule has 0 unspecified atom stereocenters. The van der Waals surface area contributed by atoms with Crippen LogP contribution in [0.4, 0.5) is 10.8 Å². The molecule has 0 aliphatic rings. The maximum absolute atomic E-state index is 6.13. The lowest BCUT2D eigenvalue weighted by molar-refractivity contribution is 1.26. The van der Waals surface area contributed by atoms with Crippen LogP contribution in [0.2, 0.25) is 5.02 Å². The predicted octanol–water partition coefficient (Wildman–Crippen LogP) is 4.91. The molecule has 2 aromatic heterocycles. The number of benzene rings is 1. The van der Waals surface area contributed by atoms with Gasteiger partial charge in [0.25, 0.3) is 0 Å². The SMILES string of the molecule is Cc1ccncc1-c1csc(Nc2ccccc2Cl)n1. The molecule has 3 nitrogen and oxygen atoms in total. The average molecular weight is 302 g/mol. The molecule has 5 heteroatoms. The van der Waals surface area contributed by atoms with Gasteiger partial charge in [0.1, 0.15) is 0 Å². The molecule has 0 amide bonds. The van der Waals surface area contributed by atoms with Crippen molar-refractivity contribution >= 4 is 33.8 Å². The van der Waals surface area contributed by atoms with Crippen LogP contribution < -0.4 is 5.32 Å². The van der Waals surface area contributed by atoms with Crippen molar-refractivity contribution in [2.45, 2.75) is 6.92 Å². The van der Waals surface area contributed by atoms with Gasteiger partial charge in [-0.25, -0.2) is 4.98 Å². The Hall–Kier alpha value is -1.91. The van der Waals surface area contributed by atoms with E-state index in [2.05, 4.69) is 22.2 Å². The molecule has 0 saturated heterocycles. The third-order valence-corrected chi connectivity index (χ3v) is 4.02. The van der Waals surface area contributed by atoms with Crippen LogP contribution in [0.5, 0.6) is 0 Å². The summed E-state index contributed by atoms with van der Waals surface area (Å²) in [5.74, 6) is 0. The van der Waals surface area contributed by atoms with E-state index < -0.39 is 0 Å². The number of pyridine rings is 1. The number of halogens is 1. The monoisotopic (exact) mass is 301 g/mol. The van der Waals surface area contributed by atoms with Crippen LogP contribution in [0.3, 0.4) is 0 Å². The second kappa shape index (κ2) is 5.61. The van der Waals surface area contributed by atoms with Crippen LogP contribution in [0.25, 0.3) is 11.3 Å². The third kappa shape index (κ3) is 2.66. The number of thiazole rings is 1. The molecule has 2 heterocycles. The number of aryl methyl sites for hydroxylation is 1. The van der Waals surface area contributed by atoms with Crippen molar-refractivity contribution in [2.24, 2.45) is 0 Å². The van der Waals surface area contributed by atoms with Crippen molar-refractivity contribution in [3.8, 4) is 11.3 Å². The van der Waals surface area contributed by atoms with Crippen LogP contribution in [0.15, 0.2) is 48.1 Å². The van der Waals surface area contributed by atoms with Gasteiger partial charge in [0.2, 0.25) is 0 Å². The lowest BCUT2D eigenvalue weighted by Gasteiger charge is -2.04. The molecule has 1 N–H and O–H groups in total. The zero-order valence-electron chi connectivity index (χ0n) is 10.8. The number of hydrogen-bond donors (Lipinski definition) is 1. The first kappa shape index (κ1) is 13.1. The molecule has 0 spiro atoms. The van der Waals surface area contributed by atoms with Crippen LogP contribution in [-0.4, -0.2) is 9.97 Å². The van der Waals surface area contributed by atoms with Gasteiger partial charge < -0.3 is 5.32 Å². The molecule has 0 aliphatic carbocycles. The Kier molecular flexibility index (Phi) is 3.67. The first-order valence-corrected chi connectivity index (χ1v) is 7.38. The fourth-order valence-corrected chi connectivity index (χ4v) is 2.77. The molecule has 3 rings (SSSR count). The number of para-hydroxylation sites is 1. The molecule has 0 saturated carbocycles. The quantitative estimate of drug-likeness (QED) is 0.747. The largest absolute Gasteiger partial charge is 0.330 e. The highest BCUT2D eigenvalue weighted by Gasteiger charge is 2.08. The van der Waals surface area contributed by atoms with Gasteiger partial charge in [-0.15, -0.1) is 11.3 Å². The second-order valence-corrected chi connectivity index (χ2v) is 5.60. The van der Waals surface area contributed by atoms with Crippen molar-refractivity contribution in [3.05, 3.63) is 58.7 Å². The van der Waals surface area contributed by atoms with Gasteiger partial charge in [-0.05, 0) is 30.7 Å². The number of rotatable bonds is 3. The fourth-order valence-electron chi connectivity index (χ4n) is 1.86. The summed E-state index contributed by atoms with van der Waals surface area (Å²) in [6.45, 7) is 2.05. The zero-order chi connectivity index (χ0) is 13.9. The number of aromatic nitrogens is 2. The molecule has 20 heavy (non-hydrogen) atoms. The van der Waals surface area contributed by atoms with E-state index in [1.165, 1.54) is 0 Å². The highest BCUT2D eigenvalue weighted by molar-refractivity contribution is 7.14. The maximum atomic E-state index is 6.13. The van der Waals surface area contributed by atoms with Gasteiger partial charge in [0.15, 0.2) is 5.13 Å². The van der Waals surface area contributed by atoms with Gasteiger partial charge in [-0.1, -0.05) is 23.7 Å². The topological polar surface area (TPSA) is 37.8 Å². The minimum absolute atomic E-state index is 0.682. The van der Waals surface area contributed by atoms with Gasteiger partial charge >= 0.3 is 0 Å². The van der Waals surface area contributed by atoms with E-state index in [1.54, 1.807) is 17.5 Å². The Labute approximate surface area is 126 Å². The normalized spacial score (nSPS) is 10.5. The van der Waals surface area contributed by atoms with Gasteiger partial charge in [-0.2, -0.15) is 0 Å². The van der Waals surface area contributed by atoms with Crippen LogP contribution in [0, 0.1) is 6.92 Å². The summed E-state index contributed by atoms with van der Waals surface area (Å²) in [5, 5.41) is 6.75. The summed E-state index contributed by atoms with van der Waals surface area (Å²) < 4.78 is 0. The molecule has 1 aromatic carbocycles. The summed E-state index contributed by atoms with van der Waals surface area (Å²) in [6.07, 6.45) is 3.62. The number of hydrogen-bond acceptors (Lipinski definition) is 4. The third-order valence-electron chi connectivity index (χ3n) is 2.93. The molecule has 0 atom stereocenters. The van der Waals surface area contributed by atoms with E-state index in [-0.39, 0.29) is 0 Å². The average Bonchev–Trinajstić information content (AvgIpc) is 2.90. The Balaban J connectivity index is 1.88. The van der Waals surface area contributed by atoms with Crippen LogP contribution in [-0.2, 0) is 0 Å². The number of anilines is 2. The molecule has 0 fully saturated rings. The molecule has 0 bridgehead atoms. The summed E-state index contributed by atoms with van der Waals surface area (Å²) in [4.78, 5) is 8.74. The zero-order valence-corrected chi connectivity index (χ0v) is 12.4. The summed E-state index contributed by atoms with van der Waals surface area (Å²) in [7, 11) is 0. The Morgan fingerprint density at radius 2 is 2.05 bits per heavy atom. The minimum atomic E-state index is 0.682. The summed E-state index contributed by atoms with van der Waals surface area (Å²) in [5.41, 5.74) is 4.00. The van der Waals surface area contributed by atoms with Gasteiger partial charge in [-0.3, -0.25) is 4.98 Å². The lowest BCUT2D eigenvalue weighted by atomic mass is 10.1. The van der Waals surface area contributed by atoms with E-state index in [9.17, 15) is 0 Å². The van der Waals surface area contributed by atoms with E-state index >= 15 is 0 Å². The highest BCUT2D eigenvalue weighted by Crippen LogP contribution is 2.30. The minimum Gasteiger partial charge on any atom is -0.330 e. The van der Waals surface area contributed by atoms with E-state index in [1.807, 2.05) is 41.9 Å². The summed E-state index contributed by atoms with van der Waals surface area (Å²) >= 11 is 7.68. The Morgan fingerprint density at radius 3 is 2.85 bits per heavy atom. The molecule has 100 valence electrons. The van der Waals surface area contributed by atoms with Crippen molar-refractivity contribution in [2.75, 3.05) is 5.32 Å². The first-order valence-electron chi connectivity index (χ1n) is 6.12. The van der Waals surface area contributed by atoms with Crippen molar-refractivity contribution in [1.82, 2.24) is 9.97 Å². The highest BCUT2D eigenvalue weighted by atomic mass is 35.5. The van der Waals surface area contributed by atoms with Gasteiger partial charge in [0, 0.05) is 23.3 Å². The molecule has 0 radical (unpaired) electrons. The maximum Gasteiger partial charge on any atom is 0.187 e. The second-order valence-electron chi connectivity index (χ2n) is 4.33. The predicted molar refractivity (Wildman–Crippen MR) is 84.8 cm³/mol. The van der Waals surface area contributed by atoms with E-state index in [0.29, 0.717) is 5.02 Å². The van der Waals surface area contributed by atoms with E-state index in [0.717, 1.165) is 27.6 Å². The smallest absolute Gasteiger partial charge is 0.187 e. The van der Waals surface area contributed by atoms with Crippen LogP contribution >= 0.6 is 22.9 Å². The van der Waals surface area contributed by atoms with E-state index in [4.69, 9.17) is 11.6 Å². The van der Waals surface area contributed by atoms with Crippen molar-refractivity contribution < 1.29 is 0 Å². The Bertz CT molecular complexity index is 739. The van der Waals surface area contributed by atoms with Crippen LogP contribution in [0.1, 0.15) is 5.56 Å². The van der Waals surface area contributed by atoms with Crippen molar-refractivity contribution in [3.63, 3.8) is 0 Å². The lowest BCUT2D eigenvalue weighted by Crippen LogP contribution is -1.91. The standard InChI is InChI=1S/C15H12ClN3S/c1-10-6-7-17-8-11(10)14-9-20-15(19-14)18-13-5-3-2-4-12(13)16/h2-9H,1H3,(H,18,19). The molecule has 3 aromatic rings. The van der Waals surface area contributed by atoms with Gasteiger partial charge in [0.05, 0.1) is 16.4 Å². The number of nitrogens with one attached hydrogen (secondary N) is 1.